The molecule has 0 aliphatic heterocycles. The summed E-state index contributed by atoms with van der Waals surface area (Å²) in [5.74, 6) is 0. The summed E-state index contributed by atoms with van der Waals surface area (Å²) in [7, 11) is 0. The lowest BCUT2D eigenvalue weighted by molar-refractivity contribution is 0.518. The van der Waals surface area contributed by atoms with Gasteiger partial charge in [-0.2, -0.15) is 4.21 Å². The molecule has 0 saturated carbocycles. The van der Waals surface area contributed by atoms with Crippen molar-refractivity contribution < 1.29 is 12.6 Å². The number of halogens is 1. The van der Waals surface area contributed by atoms with E-state index in [4.69, 9.17) is 8.76 Å². The lowest BCUT2D eigenvalue weighted by Gasteiger charge is -1.53. The molecular formula is C3H7FO2S. The van der Waals surface area contributed by atoms with Gasteiger partial charge in [-0.15, -0.1) is 10.5 Å². The van der Waals surface area contributed by atoms with Crippen molar-refractivity contribution in [1.82, 2.24) is 0 Å². The molecule has 1 N–H and O–H groups in total. The van der Waals surface area contributed by atoms with Crippen LogP contribution in [0.3, 0.4) is 0 Å². The highest BCUT2D eigenvalue weighted by atomic mass is 32.2. The topological polar surface area (TPSA) is 37.3 Å². The normalized spacial score (nSPS) is 10.7. The zero-order valence-electron chi connectivity index (χ0n) is 3.93. The molecule has 7 heavy (non-hydrogen) atoms. The Hall–Kier alpha value is -0.220. The fraction of sp³-hybridized carbons (Fsp3) is 0.333. The molecule has 0 aliphatic carbocycles. The van der Waals surface area contributed by atoms with Crippen LogP contribution in [0.4, 0.5) is 3.89 Å². The van der Waals surface area contributed by atoms with Crippen molar-refractivity contribution in [2.75, 3.05) is 0 Å². The van der Waals surface area contributed by atoms with Crippen LogP contribution in [0.1, 0.15) is 6.92 Å². The van der Waals surface area contributed by atoms with Gasteiger partial charge in [-0.25, -0.2) is 0 Å². The van der Waals surface area contributed by atoms with Crippen LogP contribution in [0, 0.1) is 0 Å². The molecule has 0 fully saturated rings. The van der Waals surface area contributed by atoms with Gasteiger partial charge in [-0.1, -0.05) is 6.08 Å². The van der Waals surface area contributed by atoms with E-state index in [2.05, 4.69) is 6.58 Å². The van der Waals surface area contributed by atoms with Gasteiger partial charge in [0.15, 0.2) is 0 Å². The maximum Gasteiger partial charge on any atom is 0.342 e. The van der Waals surface area contributed by atoms with Crippen molar-refractivity contribution in [3.8, 4) is 0 Å². The highest BCUT2D eigenvalue weighted by molar-refractivity contribution is 7.73. The Kier molecular flexibility index (Phi) is 13.1. The molecule has 44 valence electrons. The molecule has 0 aliphatic rings. The van der Waals surface area contributed by atoms with Gasteiger partial charge in [-0.3, -0.25) is 4.55 Å². The summed E-state index contributed by atoms with van der Waals surface area (Å²) in [6, 6.07) is 0. The first-order chi connectivity index (χ1) is 3.15. The lowest BCUT2D eigenvalue weighted by Crippen LogP contribution is -1.63. The second-order valence-corrected chi connectivity index (χ2v) is 1.03. The minimum absolute atomic E-state index is 1.75. The first-order valence-electron chi connectivity index (χ1n) is 1.49. The zero-order chi connectivity index (χ0) is 6.28. The average molecular weight is 126 g/mol. The molecule has 0 aromatic carbocycles. The van der Waals surface area contributed by atoms with Crippen molar-refractivity contribution >= 4 is 11.5 Å². The summed E-state index contributed by atoms with van der Waals surface area (Å²) < 4.78 is 25.3. The summed E-state index contributed by atoms with van der Waals surface area (Å²) in [6.07, 6.45) is 1.75. The average Bonchev–Trinajstić information content (AvgIpc) is 1.33. The first-order valence-corrected chi connectivity index (χ1v) is 2.50. The van der Waals surface area contributed by atoms with Crippen LogP contribution in [0.5, 0.6) is 0 Å². The standard InChI is InChI=1S/C3H6.FHO2S/c1-3-2;1-4(2)3/h3H,1H2,2H3;(H,2,3). The van der Waals surface area contributed by atoms with Crippen LogP contribution in [0.2, 0.25) is 0 Å². The maximum atomic E-state index is 10.0. The van der Waals surface area contributed by atoms with Crippen molar-refractivity contribution in [3.63, 3.8) is 0 Å². The van der Waals surface area contributed by atoms with E-state index in [1.807, 2.05) is 6.92 Å². The molecule has 0 heterocycles. The third-order valence-electron chi connectivity index (χ3n) is 0. The minimum Gasteiger partial charge on any atom is -0.280 e. The van der Waals surface area contributed by atoms with Crippen molar-refractivity contribution in [1.29, 1.82) is 0 Å². The van der Waals surface area contributed by atoms with Gasteiger partial charge in [0.1, 0.15) is 0 Å². The van der Waals surface area contributed by atoms with E-state index in [9.17, 15) is 3.89 Å². The van der Waals surface area contributed by atoms with E-state index in [0.717, 1.165) is 0 Å². The van der Waals surface area contributed by atoms with E-state index in [1.54, 1.807) is 6.08 Å². The Morgan fingerprint density at radius 1 is 2.00 bits per heavy atom. The maximum absolute atomic E-state index is 10.0. The Balaban J connectivity index is 0. The fourth-order valence-corrected chi connectivity index (χ4v) is 0. The summed E-state index contributed by atoms with van der Waals surface area (Å²) in [5, 5.41) is 0. The Labute approximate surface area is 44.6 Å². The van der Waals surface area contributed by atoms with Crippen molar-refractivity contribution in [2.24, 2.45) is 0 Å². The van der Waals surface area contributed by atoms with Crippen molar-refractivity contribution in [3.05, 3.63) is 12.7 Å². The van der Waals surface area contributed by atoms with Gasteiger partial charge >= 0.3 is 11.5 Å². The zero-order valence-corrected chi connectivity index (χ0v) is 4.74. The van der Waals surface area contributed by atoms with Gasteiger partial charge < -0.3 is 0 Å². The molecule has 1 unspecified atom stereocenters. The quantitative estimate of drug-likeness (QED) is 0.301. The molecule has 0 rings (SSSR count). The van der Waals surface area contributed by atoms with Crippen LogP contribution in [0.25, 0.3) is 0 Å². The highest BCUT2D eigenvalue weighted by Crippen LogP contribution is 1.62. The predicted octanol–water partition coefficient (Wildman–Crippen LogP) is 1.28. The van der Waals surface area contributed by atoms with Crippen LogP contribution >= 0.6 is 0 Å². The van der Waals surface area contributed by atoms with E-state index in [1.165, 1.54) is 0 Å². The van der Waals surface area contributed by atoms with Gasteiger partial charge in [0.2, 0.25) is 0 Å². The summed E-state index contributed by atoms with van der Waals surface area (Å²) in [5.41, 5.74) is 0. The molecule has 0 saturated heterocycles. The molecule has 0 spiro atoms. The van der Waals surface area contributed by atoms with Crippen molar-refractivity contribution in [2.45, 2.75) is 6.92 Å². The molecular weight excluding hydrogens is 119 g/mol. The molecule has 0 amide bonds. The summed E-state index contributed by atoms with van der Waals surface area (Å²) >= 11 is -3.11. The Morgan fingerprint density at radius 2 is 2.00 bits per heavy atom. The Morgan fingerprint density at radius 3 is 2.00 bits per heavy atom. The molecule has 0 aromatic heterocycles. The van der Waals surface area contributed by atoms with Crippen LogP contribution < -0.4 is 0 Å². The minimum atomic E-state index is -3.11. The van der Waals surface area contributed by atoms with Crippen LogP contribution in [-0.4, -0.2) is 8.76 Å². The molecule has 0 radical (unpaired) electrons. The largest absolute Gasteiger partial charge is 0.342 e. The number of allylic oxidation sites excluding steroid dienone is 1. The lowest BCUT2D eigenvalue weighted by atomic mass is 10.8. The molecule has 2 nitrogen and oxygen atoms in total. The summed E-state index contributed by atoms with van der Waals surface area (Å²) in [4.78, 5) is 0. The smallest absolute Gasteiger partial charge is 0.280 e. The van der Waals surface area contributed by atoms with Crippen LogP contribution in [0.15, 0.2) is 12.7 Å². The summed E-state index contributed by atoms with van der Waals surface area (Å²) in [6.45, 7) is 5.25. The number of hydrogen-bond donors (Lipinski definition) is 1. The molecule has 1 atom stereocenters. The highest BCUT2D eigenvalue weighted by Gasteiger charge is 1.68. The first kappa shape index (κ1) is 9.91. The molecule has 0 bridgehead atoms. The SMILES string of the molecule is C=CC.O=S(O)F. The van der Waals surface area contributed by atoms with E-state index >= 15 is 0 Å². The molecule has 0 aromatic rings. The molecule has 4 heteroatoms. The second kappa shape index (κ2) is 9.24. The predicted molar refractivity (Wildman–Crippen MR) is 27.8 cm³/mol. The van der Waals surface area contributed by atoms with E-state index in [0.29, 0.717) is 0 Å². The monoisotopic (exact) mass is 126 g/mol. The van der Waals surface area contributed by atoms with Gasteiger partial charge in [0.05, 0.1) is 0 Å². The van der Waals surface area contributed by atoms with E-state index < -0.39 is 11.5 Å². The van der Waals surface area contributed by atoms with E-state index in [-0.39, 0.29) is 0 Å². The van der Waals surface area contributed by atoms with Gasteiger partial charge in [0, 0.05) is 0 Å². The van der Waals surface area contributed by atoms with Gasteiger partial charge in [0.25, 0.3) is 0 Å². The third kappa shape index (κ3) is 1710. The fourth-order valence-electron chi connectivity index (χ4n) is 0. The Bertz CT molecular complexity index is 60.0. The van der Waals surface area contributed by atoms with Gasteiger partial charge in [-0.05, 0) is 6.92 Å². The number of hydrogen-bond acceptors (Lipinski definition) is 1. The number of rotatable bonds is 0. The second-order valence-electron chi connectivity index (χ2n) is 0.615. The third-order valence-corrected chi connectivity index (χ3v) is 0. The van der Waals surface area contributed by atoms with Crippen LogP contribution in [-0.2, 0) is 11.5 Å².